The summed E-state index contributed by atoms with van der Waals surface area (Å²) in [4.78, 5) is 51.1. The van der Waals surface area contributed by atoms with Crippen LogP contribution in [0.3, 0.4) is 0 Å². The van der Waals surface area contributed by atoms with Crippen LogP contribution in [0.25, 0.3) is 0 Å². The van der Waals surface area contributed by atoms with Gasteiger partial charge in [0.25, 0.3) is 0 Å². The van der Waals surface area contributed by atoms with Crippen molar-refractivity contribution in [2.75, 3.05) is 7.11 Å². The maximum absolute atomic E-state index is 13.8. The highest BCUT2D eigenvalue weighted by Gasteiger charge is 2.77. The Morgan fingerprint density at radius 3 is 2.29 bits per heavy atom. The summed E-state index contributed by atoms with van der Waals surface area (Å²) in [5, 5.41) is 11.1. The van der Waals surface area contributed by atoms with E-state index in [9.17, 15) is 24.3 Å². The summed E-state index contributed by atoms with van der Waals surface area (Å²) in [6.07, 6.45) is -0.333. The van der Waals surface area contributed by atoms with Gasteiger partial charge < -0.3 is 24.1 Å². The lowest BCUT2D eigenvalue weighted by Crippen LogP contribution is -2.65. The number of carbonyl (C=O) groups is 4. The summed E-state index contributed by atoms with van der Waals surface area (Å²) in [7, 11) is 1.37. The van der Waals surface area contributed by atoms with Crippen LogP contribution in [0.15, 0.2) is 24.3 Å². The highest BCUT2D eigenvalue weighted by atomic mass is 35.5. The minimum Gasteiger partial charge on any atom is -0.459 e. The molecule has 9 nitrogen and oxygen atoms in total. The zero-order valence-electron chi connectivity index (χ0n) is 20.6. The first kappa shape index (κ1) is 25.9. The molecule has 35 heavy (non-hydrogen) atoms. The monoisotopic (exact) mass is 510 g/mol. The number of Topliss-reactive ketones (excluding diaryl/α,β-unsaturated/α-hetero) is 1. The molecule has 2 saturated carbocycles. The molecule has 4 rings (SSSR count). The summed E-state index contributed by atoms with van der Waals surface area (Å²) < 4.78 is 22.8. The first-order valence-corrected chi connectivity index (χ1v) is 12.0. The van der Waals surface area contributed by atoms with Crippen molar-refractivity contribution in [2.45, 2.75) is 69.5 Å². The molecule has 1 heterocycles. The fraction of sp³-hybridized carbons (Fsp3) is 0.680. The Morgan fingerprint density at radius 2 is 1.74 bits per heavy atom. The van der Waals surface area contributed by atoms with E-state index in [-0.39, 0.29) is 11.4 Å². The van der Waals surface area contributed by atoms with Gasteiger partial charge in [-0.1, -0.05) is 25.7 Å². The molecule has 11 atom stereocenters. The number of carbonyl (C=O) groups excluding carboxylic acids is 4. The summed E-state index contributed by atoms with van der Waals surface area (Å²) in [6, 6.07) is 0. The molecule has 3 fully saturated rings. The van der Waals surface area contributed by atoms with Gasteiger partial charge in [-0.2, -0.15) is 0 Å². The number of hydrogen-bond donors (Lipinski definition) is 1. The summed E-state index contributed by atoms with van der Waals surface area (Å²) in [5.74, 6) is -5.83. The minimum absolute atomic E-state index is 0.199. The molecular weight excluding hydrogens is 480 g/mol. The van der Waals surface area contributed by atoms with Crippen molar-refractivity contribution in [2.24, 2.45) is 29.1 Å². The number of hydrogen-bond acceptors (Lipinski definition) is 9. The molecule has 192 valence electrons. The number of methoxy groups -OCH3 is 1. The first-order chi connectivity index (χ1) is 16.2. The Labute approximate surface area is 208 Å². The molecule has 1 aliphatic heterocycles. The smallest absolute Gasteiger partial charge is 0.312 e. The van der Waals surface area contributed by atoms with Gasteiger partial charge in [-0.3, -0.25) is 19.2 Å². The topological polar surface area (TPSA) is 125 Å². The molecule has 1 N–H and O–H groups in total. The third-order valence-electron chi connectivity index (χ3n) is 8.76. The number of alkyl halides is 1. The van der Waals surface area contributed by atoms with Gasteiger partial charge in [0.05, 0.1) is 11.3 Å². The zero-order chi connectivity index (χ0) is 26.2. The summed E-state index contributed by atoms with van der Waals surface area (Å²) in [6.45, 7) is 11.3. The maximum atomic E-state index is 13.8. The number of rotatable bonds is 3. The van der Waals surface area contributed by atoms with Crippen LogP contribution in [0.1, 0.15) is 34.6 Å². The van der Waals surface area contributed by atoms with Crippen molar-refractivity contribution in [3.05, 3.63) is 24.3 Å². The molecule has 1 saturated heterocycles. The molecule has 3 aliphatic carbocycles. The Kier molecular flexibility index (Phi) is 6.02. The number of ether oxygens (including phenoxy) is 4. The van der Waals surface area contributed by atoms with Crippen molar-refractivity contribution in [1.82, 2.24) is 0 Å². The SMILES string of the molecule is C=C1C(Cl)C2OC(=O)C(C)C2(O)C(OC(C)=O)C2C(C)(OC)C(=O)C3C=CC(C1OC(C)=O)C32C. The lowest BCUT2D eigenvalue weighted by Gasteiger charge is -2.49. The fourth-order valence-corrected chi connectivity index (χ4v) is 7.30. The van der Waals surface area contributed by atoms with Gasteiger partial charge >= 0.3 is 17.9 Å². The maximum Gasteiger partial charge on any atom is 0.312 e. The van der Waals surface area contributed by atoms with Crippen molar-refractivity contribution < 1.29 is 43.2 Å². The molecule has 0 aromatic rings. The van der Waals surface area contributed by atoms with Crippen LogP contribution in [-0.2, 0) is 38.1 Å². The van der Waals surface area contributed by atoms with Gasteiger partial charge in [0, 0.05) is 44.1 Å². The Bertz CT molecular complexity index is 1040. The summed E-state index contributed by atoms with van der Waals surface area (Å²) in [5.41, 5.74) is -4.54. The van der Waals surface area contributed by atoms with E-state index in [2.05, 4.69) is 6.58 Å². The molecule has 0 spiro atoms. The third-order valence-corrected chi connectivity index (χ3v) is 9.27. The molecule has 10 heteroatoms. The number of esters is 3. The van der Waals surface area contributed by atoms with Crippen LogP contribution in [0.5, 0.6) is 0 Å². The summed E-state index contributed by atoms with van der Waals surface area (Å²) >= 11 is 6.80. The predicted molar refractivity (Wildman–Crippen MR) is 122 cm³/mol. The average Bonchev–Trinajstić information content (AvgIpc) is 3.30. The van der Waals surface area contributed by atoms with E-state index in [0.717, 1.165) is 0 Å². The van der Waals surface area contributed by atoms with E-state index in [0.29, 0.717) is 0 Å². The van der Waals surface area contributed by atoms with Crippen LogP contribution in [-0.4, -0.2) is 70.8 Å². The second kappa shape index (κ2) is 8.15. The molecule has 11 unspecified atom stereocenters. The average molecular weight is 511 g/mol. The minimum atomic E-state index is -2.14. The number of halogens is 1. The van der Waals surface area contributed by atoms with E-state index < -0.39 is 81.9 Å². The third kappa shape index (κ3) is 3.20. The standard InChI is InChI=1S/C25H31ClO9/c1-10-16(26)20-25(31,11(2)22(30)35-20)21(34-13(4)28)18-23(5)14(17(10)33-12(3)27)8-9-15(23)19(29)24(18,6)32-7/h8-9,11,14-18,20-21,31H,1H2,2-7H3. The van der Waals surface area contributed by atoms with E-state index in [1.54, 1.807) is 19.1 Å². The lowest BCUT2D eigenvalue weighted by atomic mass is 9.60. The van der Waals surface area contributed by atoms with Gasteiger partial charge in [-0.25, -0.2) is 0 Å². The normalized spacial score (nSPS) is 48.4. The lowest BCUT2D eigenvalue weighted by molar-refractivity contribution is -0.215. The van der Waals surface area contributed by atoms with E-state index >= 15 is 0 Å². The molecule has 0 aromatic carbocycles. The Morgan fingerprint density at radius 1 is 1.14 bits per heavy atom. The predicted octanol–water partition coefficient (Wildman–Crippen LogP) is 1.73. The van der Waals surface area contributed by atoms with Crippen molar-refractivity contribution in [3.63, 3.8) is 0 Å². The molecule has 0 amide bonds. The molecular formula is C25H31ClO9. The number of allylic oxidation sites excluding steroid dienone is 1. The largest absolute Gasteiger partial charge is 0.459 e. The van der Waals surface area contributed by atoms with Crippen molar-refractivity contribution >= 4 is 35.3 Å². The van der Waals surface area contributed by atoms with E-state index in [1.807, 2.05) is 6.92 Å². The molecule has 0 bridgehead atoms. The number of fused-ring (bicyclic) bond motifs is 1. The molecule has 0 aromatic heterocycles. The van der Waals surface area contributed by atoms with Crippen LogP contribution >= 0.6 is 11.6 Å². The van der Waals surface area contributed by atoms with Crippen LogP contribution < -0.4 is 0 Å². The van der Waals surface area contributed by atoms with Gasteiger partial charge in [0.1, 0.15) is 17.8 Å². The number of ketones is 1. The Balaban J connectivity index is 2.07. The van der Waals surface area contributed by atoms with Crippen LogP contribution in [0, 0.1) is 29.1 Å². The van der Waals surface area contributed by atoms with Crippen molar-refractivity contribution in [3.8, 4) is 0 Å². The van der Waals surface area contributed by atoms with Crippen LogP contribution in [0.2, 0.25) is 0 Å². The Hall–Kier alpha value is -2.23. The highest BCUT2D eigenvalue weighted by molar-refractivity contribution is 6.23. The van der Waals surface area contributed by atoms with Gasteiger partial charge in [-0.15, -0.1) is 11.6 Å². The van der Waals surface area contributed by atoms with Gasteiger partial charge in [0.2, 0.25) is 0 Å². The second-order valence-electron chi connectivity index (χ2n) is 10.4. The quantitative estimate of drug-likeness (QED) is 0.261. The van der Waals surface area contributed by atoms with Crippen LogP contribution in [0.4, 0.5) is 0 Å². The van der Waals surface area contributed by atoms with E-state index in [4.69, 9.17) is 30.5 Å². The zero-order valence-corrected chi connectivity index (χ0v) is 21.3. The highest BCUT2D eigenvalue weighted by Crippen LogP contribution is 2.65. The fourth-order valence-electron chi connectivity index (χ4n) is 6.93. The van der Waals surface area contributed by atoms with Gasteiger partial charge in [0.15, 0.2) is 17.5 Å². The molecule has 4 aliphatic rings. The second-order valence-corrected chi connectivity index (χ2v) is 10.9. The van der Waals surface area contributed by atoms with Crippen molar-refractivity contribution in [1.29, 1.82) is 0 Å². The van der Waals surface area contributed by atoms with E-state index in [1.165, 1.54) is 27.9 Å². The van der Waals surface area contributed by atoms with Gasteiger partial charge in [-0.05, 0) is 19.4 Å². The molecule has 0 radical (unpaired) electrons. The number of aliphatic hydroxyl groups is 1. The first-order valence-electron chi connectivity index (χ1n) is 11.5.